The molecule has 12 heavy (non-hydrogen) atoms. The third-order valence-electron chi connectivity index (χ3n) is 1.07. The summed E-state index contributed by atoms with van der Waals surface area (Å²) in [6.45, 7) is 0. The lowest BCUT2D eigenvalue weighted by Crippen LogP contribution is -1.79. The Labute approximate surface area is 81.7 Å². The molecule has 0 spiro atoms. The van der Waals surface area contributed by atoms with E-state index in [0.29, 0.717) is 0 Å². The van der Waals surface area contributed by atoms with Gasteiger partial charge in [0, 0.05) is 0 Å². The third kappa shape index (κ3) is 5.10. The number of methoxy groups -OCH3 is 1. The average molecular weight is 209 g/mol. The van der Waals surface area contributed by atoms with Crippen molar-refractivity contribution in [2.75, 3.05) is 12.4 Å². The van der Waals surface area contributed by atoms with Crippen molar-refractivity contribution in [3.8, 4) is 11.5 Å². The Kier molecular flexibility index (Phi) is 6.72. The second kappa shape index (κ2) is 7.07. The number of phenols is 1. The lowest BCUT2D eigenvalue weighted by Gasteiger charge is -1.96. The van der Waals surface area contributed by atoms with Gasteiger partial charge in [0.25, 0.3) is 0 Å². The van der Waals surface area contributed by atoms with Gasteiger partial charge in [-0.25, -0.2) is 0 Å². The number of rotatable bonds is 1. The first-order valence-corrected chi connectivity index (χ1v) is 4.26. The Balaban J connectivity index is 0.000000354. The highest BCUT2D eigenvalue weighted by Gasteiger charge is 1.87. The molecule has 0 saturated carbocycles. The Morgan fingerprint density at radius 2 is 1.67 bits per heavy atom. The predicted molar refractivity (Wildman–Crippen MR) is 51.2 cm³/mol. The first kappa shape index (κ1) is 11.4. The Morgan fingerprint density at radius 1 is 1.25 bits per heavy atom. The van der Waals surface area contributed by atoms with Gasteiger partial charge in [-0.2, -0.15) is 0 Å². The molecule has 2 nitrogen and oxygen atoms in total. The molecule has 0 saturated heterocycles. The molecule has 1 aromatic rings. The van der Waals surface area contributed by atoms with Crippen LogP contribution in [0.5, 0.6) is 11.5 Å². The maximum Gasteiger partial charge on any atom is 0.119 e. The van der Waals surface area contributed by atoms with Gasteiger partial charge in [0.05, 0.1) is 12.4 Å². The van der Waals surface area contributed by atoms with E-state index >= 15 is 0 Å². The van der Waals surface area contributed by atoms with E-state index in [1.165, 1.54) is 0 Å². The van der Waals surface area contributed by atoms with E-state index < -0.39 is 0 Å². The quantitative estimate of drug-likeness (QED) is 0.720. The molecule has 0 radical (unpaired) electrons. The van der Waals surface area contributed by atoms with Crippen molar-refractivity contribution in [2.24, 2.45) is 0 Å². The van der Waals surface area contributed by atoms with Gasteiger partial charge in [-0.3, -0.25) is 0 Å². The van der Waals surface area contributed by atoms with Gasteiger partial charge in [0.2, 0.25) is 0 Å². The van der Waals surface area contributed by atoms with E-state index in [2.05, 4.69) is 0 Å². The molecule has 0 aliphatic rings. The van der Waals surface area contributed by atoms with Crippen LogP contribution in [-0.2, 0) is 0 Å². The summed E-state index contributed by atoms with van der Waals surface area (Å²) in [4.78, 5) is 0. The van der Waals surface area contributed by atoms with Crippen molar-refractivity contribution < 1.29 is 9.84 Å². The van der Waals surface area contributed by atoms with Gasteiger partial charge < -0.3 is 9.84 Å². The lowest BCUT2D eigenvalue weighted by molar-refractivity contribution is 0.412. The highest BCUT2D eigenvalue weighted by atomic mass is 35.5. The minimum absolute atomic E-state index is 0.194. The highest BCUT2D eigenvalue weighted by molar-refractivity contribution is 6.40. The SMILES string of the molecule is COc1ccc(O)cc1.ClCCl. The molecule has 0 amide bonds. The fraction of sp³-hybridized carbons (Fsp3) is 0.250. The van der Waals surface area contributed by atoms with E-state index in [-0.39, 0.29) is 11.1 Å². The fourth-order valence-electron chi connectivity index (χ4n) is 0.582. The number of alkyl halides is 2. The molecule has 1 N–H and O–H groups in total. The molecular weight excluding hydrogens is 199 g/mol. The number of halogens is 2. The van der Waals surface area contributed by atoms with E-state index in [1.807, 2.05) is 0 Å². The van der Waals surface area contributed by atoms with Crippen molar-refractivity contribution >= 4 is 23.2 Å². The molecule has 68 valence electrons. The minimum atomic E-state index is 0.194. The number of hydrogen-bond acceptors (Lipinski definition) is 2. The van der Waals surface area contributed by atoms with Crippen molar-refractivity contribution in [3.05, 3.63) is 24.3 Å². The number of benzene rings is 1. The van der Waals surface area contributed by atoms with Crippen LogP contribution in [0.4, 0.5) is 0 Å². The molecule has 0 aromatic heterocycles. The molecule has 0 heterocycles. The lowest BCUT2D eigenvalue weighted by atomic mass is 10.3. The summed E-state index contributed by atoms with van der Waals surface area (Å²) < 4.78 is 4.86. The fourth-order valence-corrected chi connectivity index (χ4v) is 0.582. The normalized spacial score (nSPS) is 8.25. The topological polar surface area (TPSA) is 29.5 Å². The second-order valence-corrected chi connectivity index (χ2v) is 2.61. The average Bonchev–Trinajstić information content (AvgIpc) is 2.07. The Bertz CT molecular complexity index is 199. The van der Waals surface area contributed by atoms with Gasteiger partial charge in [-0.15, -0.1) is 23.2 Å². The van der Waals surface area contributed by atoms with Crippen molar-refractivity contribution in [1.82, 2.24) is 0 Å². The molecule has 0 fully saturated rings. The molecular formula is C8H10Cl2O2. The zero-order valence-electron chi connectivity index (χ0n) is 6.63. The van der Waals surface area contributed by atoms with Crippen LogP contribution in [0.15, 0.2) is 24.3 Å². The maximum atomic E-state index is 8.80. The number of phenolic OH excluding ortho intramolecular Hbond substituents is 1. The van der Waals surface area contributed by atoms with E-state index in [1.54, 1.807) is 31.4 Å². The standard InChI is InChI=1S/C7H8O2.CH2Cl2/c1-9-7-4-2-6(8)3-5-7;2-1-3/h2-5,8H,1H3;1H2. The molecule has 0 unspecified atom stereocenters. The summed E-state index contributed by atoms with van der Waals surface area (Å²) in [5, 5.41) is 8.99. The highest BCUT2D eigenvalue weighted by Crippen LogP contribution is 2.14. The summed E-state index contributed by atoms with van der Waals surface area (Å²) in [5.74, 6) is 1.02. The summed E-state index contributed by atoms with van der Waals surface area (Å²) in [6.07, 6.45) is 0. The van der Waals surface area contributed by atoms with Crippen LogP contribution in [0.2, 0.25) is 0 Å². The van der Waals surface area contributed by atoms with Gasteiger partial charge in [0.15, 0.2) is 0 Å². The summed E-state index contributed by atoms with van der Waals surface area (Å²) in [6, 6.07) is 6.57. The third-order valence-corrected chi connectivity index (χ3v) is 1.07. The summed E-state index contributed by atoms with van der Waals surface area (Å²) in [7, 11) is 1.59. The van der Waals surface area contributed by atoms with Gasteiger partial charge in [-0.05, 0) is 24.3 Å². The van der Waals surface area contributed by atoms with Crippen LogP contribution in [0.25, 0.3) is 0 Å². The monoisotopic (exact) mass is 208 g/mol. The van der Waals surface area contributed by atoms with Crippen molar-refractivity contribution in [1.29, 1.82) is 0 Å². The van der Waals surface area contributed by atoms with Crippen LogP contribution in [-0.4, -0.2) is 17.6 Å². The van der Waals surface area contributed by atoms with Crippen LogP contribution in [0, 0.1) is 0 Å². The summed E-state index contributed by atoms with van der Waals surface area (Å²) >= 11 is 9.53. The maximum absolute atomic E-state index is 8.80. The van der Waals surface area contributed by atoms with E-state index in [0.717, 1.165) is 5.75 Å². The molecule has 1 rings (SSSR count). The molecule has 1 aromatic carbocycles. The largest absolute Gasteiger partial charge is 0.508 e. The molecule has 0 bridgehead atoms. The first-order chi connectivity index (χ1) is 5.74. The zero-order chi connectivity index (χ0) is 9.40. The van der Waals surface area contributed by atoms with E-state index in [9.17, 15) is 0 Å². The Hall–Kier alpha value is -0.600. The minimum Gasteiger partial charge on any atom is -0.508 e. The van der Waals surface area contributed by atoms with Gasteiger partial charge in [0.1, 0.15) is 11.5 Å². The number of hydrogen-bond donors (Lipinski definition) is 1. The van der Waals surface area contributed by atoms with Gasteiger partial charge >= 0.3 is 0 Å². The Morgan fingerprint density at radius 3 is 2.00 bits per heavy atom. The number of aromatic hydroxyl groups is 1. The van der Waals surface area contributed by atoms with Crippen LogP contribution in [0.3, 0.4) is 0 Å². The smallest absolute Gasteiger partial charge is 0.119 e. The first-order valence-electron chi connectivity index (χ1n) is 3.19. The summed E-state index contributed by atoms with van der Waals surface area (Å²) in [5.41, 5.74) is 0. The predicted octanol–water partition coefficient (Wildman–Crippen LogP) is 2.82. The van der Waals surface area contributed by atoms with E-state index in [4.69, 9.17) is 33.0 Å². The molecule has 4 heteroatoms. The van der Waals surface area contributed by atoms with Crippen molar-refractivity contribution in [2.45, 2.75) is 0 Å². The second-order valence-electron chi connectivity index (χ2n) is 1.80. The van der Waals surface area contributed by atoms with Crippen LogP contribution >= 0.6 is 23.2 Å². The number of ether oxygens (including phenoxy) is 1. The molecule has 0 atom stereocenters. The van der Waals surface area contributed by atoms with Crippen molar-refractivity contribution in [3.63, 3.8) is 0 Å². The van der Waals surface area contributed by atoms with Gasteiger partial charge in [-0.1, -0.05) is 0 Å². The molecule has 0 aliphatic carbocycles. The zero-order valence-corrected chi connectivity index (χ0v) is 8.14. The van der Waals surface area contributed by atoms with Crippen LogP contribution in [0.1, 0.15) is 0 Å². The van der Waals surface area contributed by atoms with Crippen LogP contribution < -0.4 is 4.74 Å². The molecule has 0 aliphatic heterocycles.